The Morgan fingerprint density at radius 1 is 1.00 bits per heavy atom. The number of methoxy groups -OCH3 is 3. The van der Waals surface area contributed by atoms with Gasteiger partial charge in [-0.1, -0.05) is 0 Å². The highest BCUT2D eigenvalue weighted by molar-refractivity contribution is 5.92. The molecule has 0 radical (unpaired) electrons. The van der Waals surface area contributed by atoms with Crippen molar-refractivity contribution in [2.75, 3.05) is 26.6 Å². The van der Waals surface area contributed by atoms with Gasteiger partial charge in [0, 0.05) is 17.8 Å². The van der Waals surface area contributed by atoms with Gasteiger partial charge < -0.3 is 24.6 Å². The highest BCUT2D eigenvalue weighted by Gasteiger charge is 2.12. The van der Waals surface area contributed by atoms with E-state index in [1.807, 2.05) is 18.2 Å². The van der Waals surface area contributed by atoms with Gasteiger partial charge >= 0.3 is 5.97 Å². The fourth-order valence-corrected chi connectivity index (χ4v) is 2.20. The molecule has 122 valence electrons. The summed E-state index contributed by atoms with van der Waals surface area (Å²) in [5, 5.41) is 12.4. The van der Waals surface area contributed by atoms with Crippen molar-refractivity contribution in [3.05, 3.63) is 47.5 Å². The Morgan fingerprint density at radius 2 is 1.70 bits per heavy atom. The lowest BCUT2D eigenvalue weighted by Crippen LogP contribution is -2.05. The van der Waals surface area contributed by atoms with E-state index >= 15 is 0 Å². The first-order valence-corrected chi connectivity index (χ1v) is 6.95. The number of carboxylic acids is 1. The lowest BCUT2D eigenvalue weighted by molar-refractivity contribution is 0.0693. The van der Waals surface area contributed by atoms with Crippen molar-refractivity contribution in [3.63, 3.8) is 0 Å². The highest BCUT2D eigenvalue weighted by atomic mass is 16.5. The standard InChI is InChI=1S/C17H19NO5/c1-21-13-5-7-15(22-2)11(8-13)10-18-12-4-6-16(23-3)14(9-12)17(19)20/h4-9,18H,10H2,1-3H3,(H,19,20). The number of nitrogens with one attached hydrogen (secondary N) is 1. The van der Waals surface area contributed by atoms with Gasteiger partial charge in [0.2, 0.25) is 0 Å². The molecule has 0 unspecified atom stereocenters. The third-order valence-electron chi connectivity index (χ3n) is 3.40. The van der Waals surface area contributed by atoms with Gasteiger partial charge in [0.05, 0.1) is 21.3 Å². The van der Waals surface area contributed by atoms with Crippen molar-refractivity contribution in [2.24, 2.45) is 0 Å². The third-order valence-corrected chi connectivity index (χ3v) is 3.40. The van der Waals surface area contributed by atoms with Crippen molar-refractivity contribution in [1.29, 1.82) is 0 Å². The van der Waals surface area contributed by atoms with E-state index in [2.05, 4.69) is 5.32 Å². The van der Waals surface area contributed by atoms with Crippen LogP contribution >= 0.6 is 0 Å². The number of rotatable bonds is 7. The Hall–Kier alpha value is -2.89. The number of ether oxygens (including phenoxy) is 3. The number of hydrogen-bond donors (Lipinski definition) is 2. The van der Waals surface area contributed by atoms with E-state index < -0.39 is 5.97 Å². The zero-order valence-corrected chi connectivity index (χ0v) is 13.3. The number of benzene rings is 2. The second-order valence-electron chi connectivity index (χ2n) is 4.75. The number of hydrogen-bond acceptors (Lipinski definition) is 5. The third kappa shape index (κ3) is 3.85. The average Bonchev–Trinajstić information content (AvgIpc) is 2.59. The molecule has 2 aromatic carbocycles. The van der Waals surface area contributed by atoms with Crippen LogP contribution in [0.2, 0.25) is 0 Å². The molecule has 2 N–H and O–H groups in total. The Labute approximate surface area is 134 Å². The van der Waals surface area contributed by atoms with Crippen LogP contribution in [0.25, 0.3) is 0 Å². The maximum absolute atomic E-state index is 11.2. The largest absolute Gasteiger partial charge is 0.497 e. The van der Waals surface area contributed by atoms with Gasteiger partial charge in [-0.25, -0.2) is 4.79 Å². The maximum Gasteiger partial charge on any atom is 0.339 e. The molecule has 23 heavy (non-hydrogen) atoms. The molecule has 0 saturated carbocycles. The molecular formula is C17H19NO5. The monoisotopic (exact) mass is 317 g/mol. The molecule has 6 nitrogen and oxygen atoms in total. The number of carboxylic acid groups (broad SMARTS) is 1. The first-order chi connectivity index (χ1) is 11.1. The molecule has 0 aromatic heterocycles. The number of aromatic carboxylic acids is 1. The molecule has 0 heterocycles. The van der Waals surface area contributed by atoms with Crippen LogP contribution in [0.5, 0.6) is 17.2 Å². The summed E-state index contributed by atoms with van der Waals surface area (Å²) in [7, 11) is 4.64. The van der Waals surface area contributed by atoms with Crippen LogP contribution in [0.4, 0.5) is 5.69 Å². The SMILES string of the molecule is COc1ccc(OC)c(CNc2ccc(OC)c(C(=O)O)c2)c1. The lowest BCUT2D eigenvalue weighted by Gasteiger charge is -2.13. The van der Waals surface area contributed by atoms with Crippen LogP contribution in [0.1, 0.15) is 15.9 Å². The molecule has 0 amide bonds. The summed E-state index contributed by atoms with van der Waals surface area (Å²) < 4.78 is 15.6. The fourth-order valence-electron chi connectivity index (χ4n) is 2.20. The molecule has 0 saturated heterocycles. The van der Waals surface area contributed by atoms with E-state index in [1.54, 1.807) is 26.4 Å². The first kappa shape index (κ1) is 16.5. The van der Waals surface area contributed by atoms with E-state index in [0.29, 0.717) is 18.0 Å². The van der Waals surface area contributed by atoms with Crippen molar-refractivity contribution in [3.8, 4) is 17.2 Å². The van der Waals surface area contributed by atoms with Crippen LogP contribution in [0.15, 0.2) is 36.4 Å². The first-order valence-electron chi connectivity index (χ1n) is 6.95. The number of anilines is 1. The summed E-state index contributed by atoms with van der Waals surface area (Å²) in [6.45, 7) is 0.464. The Bertz CT molecular complexity index is 699. The summed E-state index contributed by atoms with van der Waals surface area (Å²) in [6.07, 6.45) is 0. The minimum atomic E-state index is -1.04. The van der Waals surface area contributed by atoms with Crippen LogP contribution in [-0.2, 0) is 6.54 Å². The molecule has 0 fully saturated rings. The van der Waals surface area contributed by atoms with Crippen molar-refractivity contribution < 1.29 is 24.1 Å². The van der Waals surface area contributed by atoms with Crippen LogP contribution < -0.4 is 19.5 Å². The zero-order valence-electron chi connectivity index (χ0n) is 13.3. The van der Waals surface area contributed by atoms with Gasteiger partial charge in [-0.3, -0.25) is 0 Å². The topological polar surface area (TPSA) is 77.0 Å². The predicted molar refractivity (Wildman–Crippen MR) is 86.8 cm³/mol. The van der Waals surface area contributed by atoms with E-state index in [-0.39, 0.29) is 5.56 Å². The second kappa shape index (κ2) is 7.40. The normalized spacial score (nSPS) is 10.0. The molecule has 0 aliphatic rings. The minimum absolute atomic E-state index is 0.107. The van der Waals surface area contributed by atoms with E-state index in [0.717, 1.165) is 17.1 Å². The summed E-state index contributed by atoms with van der Waals surface area (Å²) in [5.41, 5.74) is 1.68. The average molecular weight is 317 g/mol. The Balaban J connectivity index is 2.21. The van der Waals surface area contributed by atoms with Crippen molar-refractivity contribution in [2.45, 2.75) is 6.54 Å². The van der Waals surface area contributed by atoms with Crippen LogP contribution in [-0.4, -0.2) is 32.4 Å². The van der Waals surface area contributed by atoms with Gasteiger partial charge in [-0.15, -0.1) is 0 Å². The zero-order chi connectivity index (χ0) is 16.8. The lowest BCUT2D eigenvalue weighted by atomic mass is 10.1. The van der Waals surface area contributed by atoms with Crippen LogP contribution in [0.3, 0.4) is 0 Å². The minimum Gasteiger partial charge on any atom is -0.497 e. The molecule has 2 rings (SSSR count). The molecule has 2 aromatic rings. The van der Waals surface area contributed by atoms with E-state index in [9.17, 15) is 9.90 Å². The van der Waals surface area contributed by atoms with Crippen molar-refractivity contribution >= 4 is 11.7 Å². The maximum atomic E-state index is 11.2. The van der Waals surface area contributed by atoms with E-state index in [1.165, 1.54) is 13.2 Å². The molecule has 0 bridgehead atoms. The summed E-state index contributed by atoms with van der Waals surface area (Å²) >= 11 is 0. The summed E-state index contributed by atoms with van der Waals surface area (Å²) in [5.74, 6) is 0.736. The predicted octanol–water partition coefficient (Wildman–Crippen LogP) is 3.02. The Morgan fingerprint density at radius 3 is 2.30 bits per heavy atom. The Kier molecular flexibility index (Phi) is 5.30. The van der Waals surface area contributed by atoms with Gasteiger partial charge in [-0.2, -0.15) is 0 Å². The molecular weight excluding hydrogens is 298 g/mol. The summed E-state index contributed by atoms with van der Waals surface area (Å²) in [6, 6.07) is 10.4. The van der Waals surface area contributed by atoms with Gasteiger partial charge in [-0.05, 0) is 36.4 Å². The quantitative estimate of drug-likeness (QED) is 0.817. The highest BCUT2D eigenvalue weighted by Crippen LogP contribution is 2.26. The molecule has 0 atom stereocenters. The molecule has 0 aliphatic heterocycles. The molecule has 0 spiro atoms. The summed E-state index contributed by atoms with van der Waals surface area (Å²) in [4.78, 5) is 11.2. The molecule has 0 aliphatic carbocycles. The van der Waals surface area contributed by atoms with Gasteiger partial charge in [0.25, 0.3) is 0 Å². The van der Waals surface area contributed by atoms with Gasteiger partial charge in [0.15, 0.2) is 0 Å². The number of carbonyl (C=O) groups is 1. The van der Waals surface area contributed by atoms with Crippen molar-refractivity contribution in [1.82, 2.24) is 0 Å². The fraction of sp³-hybridized carbons (Fsp3) is 0.235. The second-order valence-corrected chi connectivity index (χ2v) is 4.75. The molecule has 6 heteroatoms. The van der Waals surface area contributed by atoms with Crippen LogP contribution in [0, 0.1) is 0 Å². The smallest absolute Gasteiger partial charge is 0.339 e. The van der Waals surface area contributed by atoms with E-state index in [4.69, 9.17) is 14.2 Å². The van der Waals surface area contributed by atoms with Gasteiger partial charge in [0.1, 0.15) is 22.8 Å².